The van der Waals surface area contributed by atoms with Crippen molar-refractivity contribution in [1.82, 2.24) is 0 Å². The van der Waals surface area contributed by atoms with Crippen LogP contribution in [0.5, 0.6) is 0 Å². The molecule has 0 rings (SSSR count). The maximum atomic E-state index is 5.43. The third kappa shape index (κ3) is 9.65. The molecule has 0 aliphatic carbocycles. The first kappa shape index (κ1) is 18.1. The topological polar surface area (TPSA) is 36.9 Å². The Morgan fingerprint density at radius 2 is 1.58 bits per heavy atom. The molecule has 0 spiro atoms. The predicted molar refractivity (Wildman–Crippen MR) is 76.6 cm³/mol. The Morgan fingerprint density at radius 1 is 0.842 bits per heavy atom. The van der Waals surface area contributed by atoms with E-state index < -0.39 is 0 Å². The third-order valence-electron chi connectivity index (χ3n) is 2.80. The minimum absolute atomic E-state index is 0.216. The second-order valence-corrected chi connectivity index (χ2v) is 4.45. The van der Waals surface area contributed by atoms with Gasteiger partial charge in [0.15, 0.2) is 12.6 Å². The van der Waals surface area contributed by atoms with Gasteiger partial charge < -0.3 is 18.9 Å². The fourth-order valence-corrected chi connectivity index (χ4v) is 1.73. The minimum atomic E-state index is 0.216. The molecular weight excluding hydrogens is 244 g/mol. The van der Waals surface area contributed by atoms with Crippen LogP contribution in [-0.2, 0) is 18.9 Å². The summed E-state index contributed by atoms with van der Waals surface area (Å²) in [6.45, 7) is 5.25. The second kappa shape index (κ2) is 13.5. The van der Waals surface area contributed by atoms with Crippen molar-refractivity contribution in [2.75, 3.05) is 27.6 Å². The highest BCUT2D eigenvalue weighted by Gasteiger charge is 2.08. The summed E-state index contributed by atoms with van der Waals surface area (Å²) in [4.78, 5) is 0. The molecule has 0 heterocycles. The summed E-state index contributed by atoms with van der Waals surface area (Å²) in [5.74, 6) is 1.16. The lowest BCUT2D eigenvalue weighted by Crippen LogP contribution is -2.06. The zero-order valence-electron chi connectivity index (χ0n) is 13.0. The molecule has 0 aliphatic heterocycles. The standard InChI is InChI=1S/C15H30O4/c1-5-7-8-9-10-12-18-13-19-15(17-4)14(16-3)11-6-2/h5-13H2,1-4H3/b15-14-. The van der Waals surface area contributed by atoms with Crippen molar-refractivity contribution in [2.24, 2.45) is 0 Å². The van der Waals surface area contributed by atoms with E-state index in [1.165, 1.54) is 25.7 Å². The van der Waals surface area contributed by atoms with Crippen LogP contribution in [0.3, 0.4) is 0 Å². The van der Waals surface area contributed by atoms with E-state index in [0.29, 0.717) is 5.95 Å². The van der Waals surface area contributed by atoms with Crippen molar-refractivity contribution in [3.8, 4) is 0 Å². The summed E-state index contributed by atoms with van der Waals surface area (Å²) in [7, 11) is 3.21. The van der Waals surface area contributed by atoms with E-state index >= 15 is 0 Å². The van der Waals surface area contributed by atoms with Gasteiger partial charge in [-0.3, -0.25) is 0 Å². The van der Waals surface area contributed by atoms with Gasteiger partial charge in [-0.2, -0.15) is 0 Å². The average Bonchev–Trinajstić information content (AvgIpc) is 2.44. The van der Waals surface area contributed by atoms with E-state index in [4.69, 9.17) is 18.9 Å². The van der Waals surface area contributed by atoms with Crippen LogP contribution >= 0.6 is 0 Å². The van der Waals surface area contributed by atoms with Gasteiger partial charge in [-0.25, -0.2) is 0 Å². The molecule has 4 nitrogen and oxygen atoms in total. The molecule has 0 saturated heterocycles. The molecule has 0 atom stereocenters. The quantitative estimate of drug-likeness (QED) is 0.286. The van der Waals surface area contributed by atoms with Gasteiger partial charge in [-0.15, -0.1) is 0 Å². The van der Waals surface area contributed by atoms with Gasteiger partial charge in [0.25, 0.3) is 0 Å². The molecule has 0 N–H and O–H groups in total. The van der Waals surface area contributed by atoms with Crippen LogP contribution in [-0.4, -0.2) is 27.6 Å². The summed E-state index contributed by atoms with van der Waals surface area (Å²) in [6, 6.07) is 0. The van der Waals surface area contributed by atoms with E-state index in [1.807, 2.05) is 0 Å². The van der Waals surface area contributed by atoms with Crippen LogP contribution in [0.15, 0.2) is 11.7 Å². The molecule has 114 valence electrons. The van der Waals surface area contributed by atoms with E-state index in [-0.39, 0.29) is 6.79 Å². The van der Waals surface area contributed by atoms with Crippen molar-refractivity contribution in [2.45, 2.75) is 58.8 Å². The van der Waals surface area contributed by atoms with Crippen LogP contribution in [0.2, 0.25) is 0 Å². The first-order valence-electron chi connectivity index (χ1n) is 7.31. The van der Waals surface area contributed by atoms with Crippen LogP contribution in [0.4, 0.5) is 0 Å². The smallest absolute Gasteiger partial charge is 0.320 e. The van der Waals surface area contributed by atoms with E-state index in [9.17, 15) is 0 Å². The molecule has 0 aromatic heterocycles. The maximum Gasteiger partial charge on any atom is 0.320 e. The predicted octanol–water partition coefficient (Wildman–Crippen LogP) is 4.21. The minimum Gasteiger partial charge on any atom is -0.494 e. The fourth-order valence-electron chi connectivity index (χ4n) is 1.73. The fraction of sp³-hybridized carbons (Fsp3) is 0.867. The van der Waals surface area contributed by atoms with Crippen LogP contribution in [0.1, 0.15) is 58.8 Å². The Kier molecular flexibility index (Phi) is 12.9. The molecule has 4 heteroatoms. The Labute approximate surface area is 118 Å². The molecule has 19 heavy (non-hydrogen) atoms. The Balaban J connectivity index is 3.71. The number of ether oxygens (including phenoxy) is 4. The van der Waals surface area contributed by atoms with Crippen molar-refractivity contribution in [3.05, 3.63) is 11.7 Å². The van der Waals surface area contributed by atoms with Crippen LogP contribution in [0.25, 0.3) is 0 Å². The second-order valence-electron chi connectivity index (χ2n) is 4.45. The number of unbranched alkanes of at least 4 members (excludes halogenated alkanes) is 4. The highest BCUT2D eigenvalue weighted by atomic mass is 16.7. The van der Waals surface area contributed by atoms with Gasteiger partial charge in [0, 0.05) is 6.42 Å². The molecule has 0 bridgehead atoms. The summed E-state index contributed by atoms with van der Waals surface area (Å²) in [5, 5.41) is 0. The molecule has 0 aromatic carbocycles. The van der Waals surface area contributed by atoms with E-state index in [2.05, 4.69) is 13.8 Å². The van der Waals surface area contributed by atoms with Gasteiger partial charge >= 0.3 is 5.95 Å². The lowest BCUT2D eigenvalue weighted by atomic mass is 10.2. The van der Waals surface area contributed by atoms with Gasteiger partial charge in [-0.05, 0) is 12.8 Å². The highest BCUT2D eigenvalue weighted by molar-refractivity contribution is 4.94. The molecule has 0 fully saturated rings. The molecule has 0 saturated carbocycles. The highest BCUT2D eigenvalue weighted by Crippen LogP contribution is 2.14. The first-order valence-corrected chi connectivity index (χ1v) is 7.31. The summed E-state index contributed by atoms with van der Waals surface area (Å²) in [6.07, 6.45) is 7.95. The maximum absolute atomic E-state index is 5.43. The number of methoxy groups -OCH3 is 2. The van der Waals surface area contributed by atoms with Gasteiger partial charge in [-0.1, -0.05) is 39.5 Å². The normalized spacial score (nSPS) is 12.0. The SMILES string of the molecule is CCCCCCCOCO/C(OC)=C(/CCC)OC. The molecule has 0 unspecified atom stereocenters. The average molecular weight is 274 g/mol. The lowest BCUT2D eigenvalue weighted by Gasteiger charge is -2.13. The Hall–Kier alpha value is -0.900. The van der Waals surface area contributed by atoms with Gasteiger partial charge in [0.1, 0.15) is 0 Å². The number of rotatable bonds is 13. The Morgan fingerprint density at radius 3 is 2.16 bits per heavy atom. The number of hydrogen-bond acceptors (Lipinski definition) is 4. The number of hydrogen-bond donors (Lipinski definition) is 0. The summed E-state index contributed by atoms with van der Waals surface area (Å²) in [5.41, 5.74) is 0. The van der Waals surface area contributed by atoms with E-state index in [0.717, 1.165) is 31.6 Å². The zero-order valence-corrected chi connectivity index (χ0v) is 13.0. The monoisotopic (exact) mass is 274 g/mol. The number of allylic oxidation sites excluding steroid dienone is 1. The van der Waals surface area contributed by atoms with Crippen LogP contribution in [0, 0.1) is 0 Å². The van der Waals surface area contributed by atoms with Crippen LogP contribution < -0.4 is 0 Å². The van der Waals surface area contributed by atoms with Gasteiger partial charge in [0.05, 0.1) is 20.8 Å². The third-order valence-corrected chi connectivity index (χ3v) is 2.80. The van der Waals surface area contributed by atoms with E-state index in [1.54, 1.807) is 14.2 Å². The largest absolute Gasteiger partial charge is 0.494 e. The summed E-state index contributed by atoms with van der Waals surface area (Å²) < 4.78 is 21.3. The molecule has 0 aliphatic rings. The molecule has 0 aromatic rings. The Bertz CT molecular complexity index is 226. The van der Waals surface area contributed by atoms with Crippen molar-refractivity contribution < 1.29 is 18.9 Å². The van der Waals surface area contributed by atoms with Crippen molar-refractivity contribution in [3.63, 3.8) is 0 Å². The van der Waals surface area contributed by atoms with Gasteiger partial charge in [0.2, 0.25) is 0 Å². The van der Waals surface area contributed by atoms with Crippen molar-refractivity contribution in [1.29, 1.82) is 0 Å². The lowest BCUT2D eigenvalue weighted by molar-refractivity contribution is -0.0746. The molecule has 0 amide bonds. The molecular formula is C15H30O4. The molecule has 0 radical (unpaired) electrons. The van der Waals surface area contributed by atoms with Crippen molar-refractivity contribution >= 4 is 0 Å². The zero-order chi connectivity index (χ0) is 14.3. The summed E-state index contributed by atoms with van der Waals surface area (Å²) >= 11 is 0. The first-order chi connectivity index (χ1) is 9.29.